The minimum atomic E-state index is -0.363. The number of fused-ring (bicyclic) bond motifs is 2. The Morgan fingerprint density at radius 3 is 2.85 bits per heavy atom. The van der Waals surface area contributed by atoms with E-state index in [-0.39, 0.29) is 23.3 Å². The van der Waals surface area contributed by atoms with E-state index < -0.39 is 0 Å². The number of nitrogens with zero attached hydrogens (tertiary/aromatic N) is 5. The molecule has 0 aliphatic carbocycles. The minimum absolute atomic E-state index is 0.0185. The molecule has 4 rings (SSSR count). The molecular formula is C18H28N6O3. The smallest absolute Gasteiger partial charge is 0.332 e. The molecule has 0 amide bonds. The van der Waals surface area contributed by atoms with Gasteiger partial charge in [-0.15, -0.1) is 0 Å². The first-order valence-electron chi connectivity index (χ1n) is 9.64. The minimum Gasteiger partial charge on any atom is -0.396 e. The lowest BCUT2D eigenvalue weighted by Gasteiger charge is -2.50. The Kier molecular flexibility index (Phi) is 4.69. The summed E-state index contributed by atoms with van der Waals surface area (Å²) in [6.07, 6.45) is 4.85. The van der Waals surface area contributed by atoms with E-state index in [0.717, 1.165) is 50.0 Å². The first-order valence-corrected chi connectivity index (χ1v) is 9.64. The Labute approximate surface area is 157 Å². The summed E-state index contributed by atoms with van der Waals surface area (Å²) in [5.74, 6) is 0. The molecule has 0 saturated carbocycles. The van der Waals surface area contributed by atoms with Crippen molar-refractivity contribution in [1.82, 2.24) is 28.9 Å². The highest BCUT2D eigenvalue weighted by atomic mass is 16.3. The van der Waals surface area contributed by atoms with Crippen LogP contribution in [-0.4, -0.2) is 67.5 Å². The molecule has 2 aromatic rings. The monoisotopic (exact) mass is 376 g/mol. The van der Waals surface area contributed by atoms with Crippen molar-refractivity contribution < 1.29 is 5.11 Å². The van der Waals surface area contributed by atoms with Crippen molar-refractivity contribution in [2.75, 3.05) is 32.8 Å². The third-order valence-electron chi connectivity index (χ3n) is 6.54. The molecule has 9 nitrogen and oxygen atoms in total. The number of aryl methyl sites for hydroxylation is 1. The van der Waals surface area contributed by atoms with E-state index in [1.165, 1.54) is 11.6 Å². The first-order chi connectivity index (χ1) is 13.0. The predicted octanol–water partition coefficient (Wildman–Crippen LogP) is -1.13. The van der Waals surface area contributed by atoms with Crippen LogP contribution in [0.2, 0.25) is 0 Å². The Morgan fingerprint density at radius 1 is 1.26 bits per heavy atom. The summed E-state index contributed by atoms with van der Waals surface area (Å²) in [7, 11) is 3.13. The molecule has 2 aliphatic heterocycles. The van der Waals surface area contributed by atoms with Gasteiger partial charge in [-0.2, -0.15) is 0 Å². The van der Waals surface area contributed by atoms with Crippen LogP contribution in [0.4, 0.5) is 0 Å². The van der Waals surface area contributed by atoms with E-state index in [1.54, 1.807) is 13.4 Å². The van der Waals surface area contributed by atoms with Crippen molar-refractivity contribution in [2.45, 2.75) is 31.8 Å². The van der Waals surface area contributed by atoms with Gasteiger partial charge in [0.15, 0.2) is 11.2 Å². The van der Waals surface area contributed by atoms with Crippen LogP contribution in [0, 0.1) is 5.41 Å². The van der Waals surface area contributed by atoms with Crippen molar-refractivity contribution in [3.63, 3.8) is 0 Å². The summed E-state index contributed by atoms with van der Waals surface area (Å²) >= 11 is 0. The Bertz CT molecular complexity index is 960. The molecule has 0 aromatic carbocycles. The predicted molar refractivity (Wildman–Crippen MR) is 102 cm³/mol. The number of imidazole rings is 1. The second kappa shape index (κ2) is 6.88. The average Bonchev–Trinajstić information content (AvgIpc) is 3.13. The number of aromatic nitrogens is 4. The van der Waals surface area contributed by atoms with Crippen LogP contribution in [0.15, 0.2) is 15.9 Å². The Morgan fingerprint density at radius 2 is 2.07 bits per heavy atom. The standard InChI is InChI=1S/C18H28N6O3/c1-21-15-14(16(26)22(2)17(21)27)24(12-20-15)9-8-23-7-5-18(11-25)4-3-6-19-13(18)10-23/h12-13,19,25H,3-11H2,1-2H3/t13-,18-/m1/s1. The average molecular weight is 376 g/mol. The summed E-state index contributed by atoms with van der Waals surface area (Å²) in [5.41, 5.74) is 0.243. The molecule has 2 saturated heterocycles. The van der Waals surface area contributed by atoms with Gasteiger partial charge >= 0.3 is 5.69 Å². The van der Waals surface area contributed by atoms with Gasteiger partial charge in [0.25, 0.3) is 5.56 Å². The van der Waals surface area contributed by atoms with Gasteiger partial charge in [0.05, 0.1) is 12.9 Å². The van der Waals surface area contributed by atoms with Gasteiger partial charge in [-0.1, -0.05) is 0 Å². The van der Waals surface area contributed by atoms with E-state index in [4.69, 9.17) is 0 Å². The number of hydrogen-bond donors (Lipinski definition) is 2. The summed E-state index contributed by atoms with van der Waals surface area (Å²) in [6.45, 7) is 4.55. The molecule has 2 aliphatic rings. The highest BCUT2D eigenvalue weighted by molar-refractivity contribution is 5.69. The topological polar surface area (TPSA) is 97.3 Å². The zero-order valence-electron chi connectivity index (χ0n) is 16.0. The fourth-order valence-electron chi connectivity index (χ4n) is 4.68. The van der Waals surface area contributed by atoms with E-state index in [9.17, 15) is 14.7 Å². The Balaban J connectivity index is 1.52. The number of rotatable bonds is 4. The number of aliphatic hydroxyl groups is 1. The normalized spacial score (nSPS) is 26.4. The number of nitrogens with one attached hydrogen (secondary N) is 1. The van der Waals surface area contributed by atoms with Gasteiger partial charge in [-0.05, 0) is 32.4 Å². The molecule has 27 heavy (non-hydrogen) atoms. The first kappa shape index (κ1) is 18.4. The zero-order chi connectivity index (χ0) is 19.2. The third-order valence-corrected chi connectivity index (χ3v) is 6.54. The Hall–Kier alpha value is -1.97. The van der Waals surface area contributed by atoms with Gasteiger partial charge in [-0.25, -0.2) is 9.78 Å². The van der Waals surface area contributed by atoms with Gasteiger partial charge < -0.3 is 15.0 Å². The lowest BCUT2D eigenvalue weighted by molar-refractivity contribution is -0.0134. The maximum absolute atomic E-state index is 12.5. The van der Waals surface area contributed by atoms with Crippen LogP contribution >= 0.6 is 0 Å². The molecule has 9 heteroatoms. The number of aliphatic hydroxyl groups excluding tert-OH is 1. The zero-order valence-corrected chi connectivity index (χ0v) is 16.0. The van der Waals surface area contributed by atoms with E-state index in [1.807, 2.05) is 4.57 Å². The molecule has 4 heterocycles. The van der Waals surface area contributed by atoms with Gasteiger partial charge in [0.2, 0.25) is 0 Å². The molecule has 0 bridgehead atoms. The van der Waals surface area contributed by atoms with Crippen LogP contribution in [0.5, 0.6) is 0 Å². The maximum Gasteiger partial charge on any atom is 0.332 e. The van der Waals surface area contributed by atoms with E-state index >= 15 is 0 Å². The van der Waals surface area contributed by atoms with Crippen molar-refractivity contribution in [3.8, 4) is 0 Å². The molecule has 0 radical (unpaired) electrons. The molecular weight excluding hydrogens is 348 g/mol. The SMILES string of the molecule is Cn1c(=O)c2c(ncn2CCN2CC[C@@]3(CO)CCCN[C@@H]3C2)n(C)c1=O. The van der Waals surface area contributed by atoms with Crippen LogP contribution in [0.1, 0.15) is 19.3 Å². The van der Waals surface area contributed by atoms with Gasteiger partial charge in [0, 0.05) is 45.2 Å². The molecule has 2 atom stereocenters. The fraction of sp³-hybridized carbons (Fsp3) is 0.722. The summed E-state index contributed by atoms with van der Waals surface area (Å²) in [5, 5.41) is 13.5. The second-order valence-corrected chi connectivity index (χ2v) is 8.00. The molecule has 2 N–H and O–H groups in total. The molecule has 0 unspecified atom stereocenters. The lowest BCUT2D eigenvalue weighted by Crippen LogP contribution is -2.61. The summed E-state index contributed by atoms with van der Waals surface area (Å²) in [6, 6.07) is 0.318. The number of likely N-dealkylation sites (tertiary alicyclic amines) is 1. The summed E-state index contributed by atoms with van der Waals surface area (Å²) in [4.78, 5) is 31.3. The van der Waals surface area contributed by atoms with E-state index in [0.29, 0.717) is 23.8 Å². The third kappa shape index (κ3) is 2.94. The van der Waals surface area contributed by atoms with Crippen LogP contribution < -0.4 is 16.6 Å². The van der Waals surface area contributed by atoms with Gasteiger partial charge in [0.1, 0.15) is 0 Å². The van der Waals surface area contributed by atoms with Gasteiger partial charge in [-0.3, -0.25) is 18.8 Å². The van der Waals surface area contributed by atoms with Crippen LogP contribution in [0.25, 0.3) is 11.2 Å². The molecule has 2 fully saturated rings. The largest absolute Gasteiger partial charge is 0.396 e. The van der Waals surface area contributed by atoms with Crippen molar-refractivity contribution in [1.29, 1.82) is 0 Å². The van der Waals surface area contributed by atoms with E-state index in [2.05, 4.69) is 15.2 Å². The van der Waals surface area contributed by atoms with Crippen LogP contribution in [0.3, 0.4) is 0 Å². The number of piperidine rings is 2. The van der Waals surface area contributed by atoms with Crippen LogP contribution in [-0.2, 0) is 20.6 Å². The van der Waals surface area contributed by atoms with Crippen molar-refractivity contribution >= 4 is 11.2 Å². The molecule has 0 spiro atoms. The highest BCUT2D eigenvalue weighted by Gasteiger charge is 2.43. The lowest BCUT2D eigenvalue weighted by atomic mass is 9.70. The second-order valence-electron chi connectivity index (χ2n) is 8.00. The fourth-order valence-corrected chi connectivity index (χ4v) is 4.68. The highest BCUT2D eigenvalue weighted by Crippen LogP contribution is 2.38. The maximum atomic E-state index is 12.5. The van der Waals surface area contributed by atoms with Crippen molar-refractivity contribution in [3.05, 3.63) is 27.2 Å². The number of hydrogen-bond acceptors (Lipinski definition) is 6. The summed E-state index contributed by atoms with van der Waals surface area (Å²) < 4.78 is 4.39. The molecule has 2 aromatic heterocycles. The quantitative estimate of drug-likeness (QED) is 0.701. The molecule has 148 valence electrons. The van der Waals surface area contributed by atoms with Crippen molar-refractivity contribution in [2.24, 2.45) is 19.5 Å².